The second-order valence-corrected chi connectivity index (χ2v) is 7.86. The van der Waals surface area contributed by atoms with Gasteiger partial charge in [0.05, 0.1) is 12.6 Å². The Balaban J connectivity index is 0.00000392. The lowest BCUT2D eigenvalue weighted by atomic mass is 9.78. The van der Waals surface area contributed by atoms with Gasteiger partial charge in [-0.15, -0.1) is 24.0 Å². The van der Waals surface area contributed by atoms with Crippen LogP contribution in [0.25, 0.3) is 0 Å². The van der Waals surface area contributed by atoms with E-state index in [1.54, 1.807) is 7.05 Å². The monoisotopic (exact) mass is 511 g/mol. The fraction of sp³-hybridized carbons (Fsp3) is 0.650. The molecule has 0 bridgehead atoms. The average molecular weight is 511 g/mol. The summed E-state index contributed by atoms with van der Waals surface area (Å²) >= 11 is 0. The molecule has 1 aliphatic rings. The van der Waals surface area contributed by atoms with Crippen LogP contribution in [0.4, 0.5) is 8.78 Å². The maximum absolute atomic E-state index is 13.5. The van der Waals surface area contributed by atoms with Crippen molar-refractivity contribution in [2.45, 2.75) is 39.7 Å². The molecule has 1 saturated heterocycles. The van der Waals surface area contributed by atoms with Crippen LogP contribution in [0, 0.1) is 23.0 Å². The number of halogens is 3. The number of guanidine groups is 1. The highest BCUT2D eigenvalue weighted by molar-refractivity contribution is 14.0. The van der Waals surface area contributed by atoms with Gasteiger partial charge in [0, 0.05) is 32.2 Å². The Labute approximate surface area is 183 Å². The van der Waals surface area contributed by atoms with Crippen LogP contribution in [-0.2, 0) is 4.74 Å². The Hall–Kier alpha value is -1.16. The van der Waals surface area contributed by atoms with Crippen molar-refractivity contribution in [3.05, 3.63) is 29.8 Å². The molecule has 160 valence electrons. The van der Waals surface area contributed by atoms with Gasteiger partial charge in [0.25, 0.3) is 0 Å². The molecule has 2 atom stereocenters. The summed E-state index contributed by atoms with van der Waals surface area (Å²) < 4.78 is 37.8. The standard InChI is InChI=1S/C20H31F2N3O2.HI/c1-20(2,3)18-14(6-5-10-27-18)13-25-19(23-4)24-9-11-26-17-8-7-15(21)12-16(17)22;/h7-8,12,14,18H,5-6,9-11,13H2,1-4H3,(H2,23,24,25);1H. The van der Waals surface area contributed by atoms with Crippen molar-refractivity contribution < 1.29 is 18.3 Å². The van der Waals surface area contributed by atoms with Gasteiger partial charge in [0.2, 0.25) is 0 Å². The van der Waals surface area contributed by atoms with Crippen LogP contribution in [-0.4, -0.2) is 45.4 Å². The lowest BCUT2D eigenvalue weighted by Gasteiger charge is -2.40. The third-order valence-electron chi connectivity index (χ3n) is 4.60. The van der Waals surface area contributed by atoms with Crippen LogP contribution >= 0.6 is 24.0 Å². The Morgan fingerprint density at radius 3 is 2.68 bits per heavy atom. The van der Waals surface area contributed by atoms with E-state index in [1.165, 1.54) is 12.1 Å². The third kappa shape index (κ3) is 7.69. The van der Waals surface area contributed by atoms with Crippen molar-refractivity contribution in [2.75, 3.05) is 33.4 Å². The highest BCUT2D eigenvalue weighted by atomic mass is 127. The molecule has 2 N–H and O–H groups in total. The zero-order valence-electron chi connectivity index (χ0n) is 17.1. The van der Waals surface area contributed by atoms with Crippen molar-refractivity contribution in [1.82, 2.24) is 10.6 Å². The highest BCUT2D eigenvalue weighted by Crippen LogP contribution is 2.33. The zero-order chi connectivity index (χ0) is 19.9. The van der Waals surface area contributed by atoms with Crippen LogP contribution in [0.2, 0.25) is 0 Å². The van der Waals surface area contributed by atoms with Crippen molar-refractivity contribution in [1.29, 1.82) is 0 Å². The summed E-state index contributed by atoms with van der Waals surface area (Å²) in [4.78, 5) is 4.21. The molecule has 0 aromatic heterocycles. The predicted octanol–water partition coefficient (Wildman–Crippen LogP) is 3.97. The van der Waals surface area contributed by atoms with Gasteiger partial charge in [0.15, 0.2) is 17.5 Å². The molecule has 0 aliphatic carbocycles. The SMILES string of the molecule is CN=C(NCCOc1ccc(F)cc1F)NCC1CCCOC1C(C)(C)C.I. The lowest BCUT2D eigenvalue weighted by molar-refractivity contribution is -0.0835. The van der Waals surface area contributed by atoms with Gasteiger partial charge in [-0.05, 0) is 30.4 Å². The van der Waals surface area contributed by atoms with E-state index in [4.69, 9.17) is 9.47 Å². The predicted molar refractivity (Wildman–Crippen MR) is 119 cm³/mol. The van der Waals surface area contributed by atoms with Gasteiger partial charge in [-0.25, -0.2) is 8.78 Å². The smallest absolute Gasteiger partial charge is 0.191 e. The third-order valence-corrected chi connectivity index (χ3v) is 4.60. The summed E-state index contributed by atoms with van der Waals surface area (Å²) in [5, 5.41) is 6.48. The molecule has 0 radical (unpaired) electrons. The first-order valence-electron chi connectivity index (χ1n) is 9.45. The summed E-state index contributed by atoms with van der Waals surface area (Å²) in [6, 6.07) is 3.26. The van der Waals surface area contributed by atoms with E-state index < -0.39 is 11.6 Å². The van der Waals surface area contributed by atoms with Crippen LogP contribution in [0.15, 0.2) is 23.2 Å². The number of hydrogen-bond acceptors (Lipinski definition) is 3. The van der Waals surface area contributed by atoms with Gasteiger partial charge < -0.3 is 20.1 Å². The Morgan fingerprint density at radius 1 is 1.29 bits per heavy atom. The number of ether oxygens (including phenoxy) is 2. The van der Waals surface area contributed by atoms with E-state index in [0.717, 1.165) is 32.1 Å². The highest BCUT2D eigenvalue weighted by Gasteiger charge is 2.35. The van der Waals surface area contributed by atoms with Crippen LogP contribution in [0.3, 0.4) is 0 Å². The average Bonchev–Trinajstić information content (AvgIpc) is 2.62. The number of nitrogens with one attached hydrogen (secondary N) is 2. The number of aliphatic imine (C=N–C) groups is 1. The van der Waals surface area contributed by atoms with Crippen molar-refractivity contribution in [2.24, 2.45) is 16.3 Å². The molecule has 2 rings (SSSR count). The second kappa shape index (κ2) is 11.7. The topological polar surface area (TPSA) is 54.9 Å². The first kappa shape index (κ1) is 24.9. The quantitative estimate of drug-likeness (QED) is 0.263. The van der Waals surface area contributed by atoms with Crippen molar-refractivity contribution in [3.8, 4) is 5.75 Å². The molecule has 0 amide bonds. The first-order valence-corrected chi connectivity index (χ1v) is 9.45. The normalized spacial score (nSPS) is 20.3. The molecule has 28 heavy (non-hydrogen) atoms. The molecule has 1 aliphatic heterocycles. The summed E-state index contributed by atoms with van der Waals surface area (Å²) in [5.74, 6) is -0.211. The van der Waals surface area contributed by atoms with Crippen molar-refractivity contribution >= 4 is 29.9 Å². The van der Waals surface area contributed by atoms with Gasteiger partial charge in [-0.1, -0.05) is 20.8 Å². The van der Waals surface area contributed by atoms with Crippen LogP contribution in [0.5, 0.6) is 5.75 Å². The molecule has 0 spiro atoms. The molecule has 1 heterocycles. The van der Waals surface area contributed by atoms with Gasteiger partial charge in [-0.2, -0.15) is 0 Å². The summed E-state index contributed by atoms with van der Waals surface area (Å²) in [6.07, 6.45) is 2.41. The molecule has 1 aromatic rings. The maximum atomic E-state index is 13.5. The molecular formula is C20H32F2IN3O2. The summed E-state index contributed by atoms with van der Waals surface area (Å²) in [6.45, 7) is 8.89. The molecule has 1 fully saturated rings. The van der Waals surface area contributed by atoms with E-state index in [9.17, 15) is 8.78 Å². The van der Waals surface area contributed by atoms with Gasteiger partial charge in [0.1, 0.15) is 12.4 Å². The fourth-order valence-corrected chi connectivity index (χ4v) is 3.38. The fourth-order valence-electron chi connectivity index (χ4n) is 3.38. The first-order chi connectivity index (χ1) is 12.8. The molecule has 8 heteroatoms. The number of benzene rings is 1. The minimum Gasteiger partial charge on any atom is -0.489 e. The van der Waals surface area contributed by atoms with Crippen LogP contribution < -0.4 is 15.4 Å². The Kier molecular flexibility index (Phi) is 10.4. The number of hydrogen-bond donors (Lipinski definition) is 2. The van der Waals surface area contributed by atoms with E-state index in [-0.39, 0.29) is 47.9 Å². The zero-order valence-corrected chi connectivity index (χ0v) is 19.4. The van der Waals surface area contributed by atoms with E-state index >= 15 is 0 Å². The van der Waals surface area contributed by atoms with Gasteiger partial charge >= 0.3 is 0 Å². The summed E-state index contributed by atoms with van der Waals surface area (Å²) in [5.41, 5.74) is 0.0940. The second-order valence-electron chi connectivity index (χ2n) is 7.86. The molecule has 5 nitrogen and oxygen atoms in total. The van der Waals surface area contributed by atoms with E-state index in [1.807, 2.05) is 0 Å². The molecule has 0 saturated carbocycles. The van der Waals surface area contributed by atoms with Crippen LogP contribution in [0.1, 0.15) is 33.6 Å². The summed E-state index contributed by atoms with van der Waals surface area (Å²) in [7, 11) is 1.70. The maximum Gasteiger partial charge on any atom is 0.191 e. The molecule has 1 aromatic carbocycles. The van der Waals surface area contributed by atoms with E-state index in [2.05, 4.69) is 36.4 Å². The Morgan fingerprint density at radius 2 is 2.04 bits per heavy atom. The van der Waals surface area contributed by atoms with E-state index in [0.29, 0.717) is 18.4 Å². The molecular weight excluding hydrogens is 479 g/mol. The Bertz CT molecular complexity index is 638. The molecule has 2 unspecified atom stereocenters. The number of nitrogens with zero attached hydrogens (tertiary/aromatic N) is 1. The van der Waals surface area contributed by atoms with Crippen molar-refractivity contribution in [3.63, 3.8) is 0 Å². The lowest BCUT2D eigenvalue weighted by Crippen LogP contribution is -2.48. The largest absolute Gasteiger partial charge is 0.489 e. The van der Waals surface area contributed by atoms with Gasteiger partial charge in [-0.3, -0.25) is 4.99 Å². The number of rotatable bonds is 6. The minimum atomic E-state index is -0.706. The minimum absolute atomic E-state index is 0.